The lowest BCUT2D eigenvalue weighted by molar-refractivity contribution is 0.0442. The highest BCUT2D eigenvalue weighted by molar-refractivity contribution is 9.10. The second-order valence-electron chi connectivity index (χ2n) is 4.49. The van der Waals surface area contributed by atoms with Crippen molar-refractivity contribution in [3.05, 3.63) is 34.3 Å². The largest absolute Gasteiger partial charge is 0.381 e. The first kappa shape index (κ1) is 14.0. The number of nitrogens with one attached hydrogen (secondary N) is 1. The fourth-order valence-electron chi connectivity index (χ4n) is 2.00. The molecule has 1 aliphatic rings. The number of carbonyl (C=O) groups excluding carboxylic acids is 1. The van der Waals surface area contributed by atoms with E-state index >= 15 is 0 Å². The number of ether oxygens (including phenoxy) is 1. The number of carbonyl (C=O) groups is 1. The Kier molecular flexibility index (Phi) is 4.81. The van der Waals surface area contributed by atoms with Gasteiger partial charge in [-0.2, -0.15) is 0 Å². The molecule has 1 fully saturated rings. The van der Waals surface area contributed by atoms with Crippen molar-refractivity contribution in [3.8, 4) is 0 Å². The number of rotatable bonds is 3. The first-order valence-corrected chi connectivity index (χ1v) is 7.78. The Labute approximate surface area is 124 Å². The Bertz CT molecular complexity index is 431. The molecule has 0 aliphatic carbocycles. The Morgan fingerprint density at radius 1 is 1.39 bits per heavy atom. The molecule has 1 aromatic rings. The minimum Gasteiger partial charge on any atom is -0.381 e. The third kappa shape index (κ3) is 3.33. The van der Waals surface area contributed by atoms with Gasteiger partial charge in [-0.15, -0.1) is 0 Å². The van der Waals surface area contributed by atoms with Crippen LogP contribution >= 0.6 is 31.9 Å². The van der Waals surface area contributed by atoms with Crippen molar-refractivity contribution in [1.29, 1.82) is 0 Å². The molecule has 0 radical (unpaired) electrons. The third-order valence-corrected chi connectivity index (χ3v) is 4.74. The molecule has 0 saturated carbocycles. The Hall–Kier alpha value is -0.390. The zero-order chi connectivity index (χ0) is 13.0. The highest BCUT2D eigenvalue weighted by Gasteiger charge is 2.33. The molecule has 1 aliphatic heterocycles. The number of hydrogen-bond acceptors (Lipinski definition) is 2. The molecule has 1 amide bonds. The van der Waals surface area contributed by atoms with Crippen molar-refractivity contribution in [2.75, 3.05) is 18.5 Å². The van der Waals surface area contributed by atoms with Gasteiger partial charge in [0.1, 0.15) is 0 Å². The molecule has 0 unspecified atom stereocenters. The van der Waals surface area contributed by atoms with Crippen LogP contribution in [0.5, 0.6) is 0 Å². The van der Waals surface area contributed by atoms with E-state index in [9.17, 15) is 4.79 Å². The molecule has 1 N–H and O–H groups in total. The normalized spacial score (nSPS) is 18.3. The van der Waals surface area contributed by atoms with Gasteiger partial charge in [0.25, 0.3) is 5.91 Å². The molecule has 1 saturated heterocycles. The van der Waals surface area contributed by atoms with E-state index in [0.29, 0.717) is 18.8 Å². The fraction of sp³-hybridized carbons (Fsp3) is 0.462. The molecule has 0 aromatic heterocycles. The van der Waals surface area contributed by atoms with Gasteiger partial charge in [0.05, 0.1) is 5.54 Å². The molecule has 1 aromatic carbocycles. The standard InChI is InChI=1S/C13H15Br2NO2/c14-9-13(4-6-18-7-5-13)16-12(17)10-2-1-3-11(15)8-10/h1-3,8H,4-7,9H2,(H,16,17). The lowest BCUT2D eigenvalue weighted by Crippen LogP contribution is -2.53. The van der Waals surface area contributed by atoms with Gasteiger partial charge in [-0.3, -0.25) is 4.79 Å². The summed E-state index contributed by atoms with van der Waals surface area (Å²) in [5.74, 6) is -0.0300. The van der Waals surface area contributed by atoms with Gasteiger partial charge >= 0.3 is 0 Å². The lowest BCUT2D eigenvalue weighted by atomic mass is 9.92. The number of halogens is 2. The fourth-order valence-corrected chi connectivity index (χ4v) is 3.10. The Morgan fingerprint density at radius 3 is 2.72 bits per heavy atom. The van der Waals surface area contributed by atoms with Crippen molar-refractivity contribution >= 4 is 37.8 Å². The van der Waals surface area contributed by atoms with E-state index in [-0.39, 0.29) is 11.4 Å². The minimum absolute atomic E-state index is 0.0300. The highest BCUT2D eigenvalue weighted by atomic mass is 79.9. The van der Waals surface area contributed by atoms with Crippen molar-refractivity contribution in [3.63, 3.8) is 0 Å². The number of benzene rings is 1. The molecular weight excluding hydrogens is 362 g/mol. The van der Waals surface area contributed by atoms with Crippen LogP contribution in [0.3, 0.4) is 0 Å². The van der Waals surface area contributed by atoms with E-state index in [4.69, 9.17) is 4.74 Å². The summed E-state index contributed by atoms with van der Waals surface area (Å²) in [6, 6.07) is 7.42. The summed E-state index contributed by atoms with van der Waals surface area (Å²) in [7, 11) is 0. The van der Waals surface area contributed by atoms with E-state index in [1.165, 1.54) is 0 Å². The first-order chi connectivity index (χ1) is 8.65. The summed E-state index contributed by atoms with van der Waals surface area (Å²) in [5, 5.41) is 3.89. The predicted octanol–water partition coefficient (Wildman–Crippen LogP) is 3.12. The second kappa shape index (κ2) is 6.17. The number of alkyl halides is 1. The van der Waals surface area contributed by atoms with Gasteiger partial charge in [0, 0.05) is 28.6 Å². The summed E-state index contributed by atoms with van der Waals surface area (Å²) in [6.45, 7) is 1.40. The van der Waals surface area contributed by atoms with Gasteiger partial charge in [0.15, 0.2) is 0 Å². The molecular formula is C13H15Br2NO2. The smallest absolute Gasteiger partial charge is 0.251 e. The van der Waals surface area contributed by atoms with Crippen LogP contribution in [0.1, 0.15) is 23.2 Å². The molecule has 0 bridgehead atoms. The third-order valence-electron chi connectivity index (χ3n) is 3.17. The van der Waals surface area contributed by atoms with Gasteiger partial charge < -0.3 is 10.1 Å². The maximum Gasteiger partial charge on any atom is 0.251 e. The average Bonchev–Trinajstić information content (AvgIpc) is 2.40. The monoisotopic (exact) mass is 375 g/mol. The van der Waals surface area contributed by atoms with Gasteiger partial charge in [-0.1, -0.05) is 37.9 Å². The molecule has 98 valence electrons. The van der Waals surface area contributed by atoms with Crippen LogP contribution in [0.25, 0.3) is 0 Å². The van der Waals surface area contributed by atoms with E-state index in [0.717, 1.165) is 22.6 Å². The van der Waals surface area contributed by atoms with Gasteiger partial charge in [0.2, 0.25) is 0 Å². The van der Waals surface area contributed by atoms with Crippen molar-refractivity contribution in [2.45, 2.75) is 18.4 Å². The lowest BCUT2D eigenvalue weighted by Gasteiger charge is -2.36. The van der Waals surface area contributed by atoms with E-state index in [1.807, 2.05) is 24.3 Å². The molecule has 18 heavy (non-hydrogen) atoms. The predicted molar refractivity (Wildman–Crippen MR) is 78.2 cm³/mol. The molecule has 5 heteroatoms. The molecule has 3 nitrogen and oxygen atoms in total. The first-order valence-electron chi connectivity index (χ1n) is 5.87. The van der Waals surface area contributed by atoms with E-state index in [2.05, 4.69) is 37.2 Å². The van der Waals surface area contributed by atoms with Gasteiger partial charge in [-0.05, 0) is 31.0 Å². The van der Waals surface area contributed by atoms with Crippen LogP contribution in [0, 0.1) is 0 Å². The summed E-state index contributed by atoms with van der Waals surface area (Å²) in [5.41, 5.74) is 0.494. The van der Waals surface area contributed by atoms with Crippen LogP contribution in [-0.2, 0) is 4.74 Å². The quantitative estimate of drug-likeness (QED) is 0.823. The molecule has 2 rings (SSSR count). The van der Waals surface area contributed by atoms with Crippen molar-refractivity contribution in [2.24, 2.45) is 0 Å². The summed E-state index contributed by atoms with van der Waals surface area (Å²) in [4.78, 5) is 12.2. The average molecular weight is 377 g/mol. The van der Waals surface area contributed by atoms with Crippen LogP contribution < -0.4 is 5.32 Å². The second-order valence-corrected chi connectivity index (χ2v) is 5.97. The maximum absolute atomic E-state index is 12.2. The van der Waals surface area contributed by atoms with Crippen LogP contribution in [-0.4, -0.2) is 30.0 Å². The van der Waals surface area contributed by atoms with Crippen molar-refractivity contribution in [1.82, 2.24) is 5.32 Å². The van der Waals surface area contributed by atoms with E-state index < -0.39 is 0 Å². The zero-order valence-corrected chi connectivity index (χ0v) is 13.1. The summed E-state index contributed by atoms with van der Waals surface area (Å²) in [6.07, 6.45) is 1.69. The summed E-state index contributed by atoms with van der Waals surface area (Å²) >= 11 is 6.88. The highest BCUT2D eigenvalue weighted by Crippen LogP contribution is 2.24. The molecule has 1 heterocycles. The molecule has 0 atom stereocenters. The van der Waals surface area contributed by atoms with Crippen molar-refractivity contribution < 1.29 is 9.53 Å². The van der Waals surface area contributed by atoms with Crippen LogP contribution in [0.2, 0.25) is 0 Å². The van der Waals surface area contributed by atoms with Gasteiger partial charge in [-0.25, -0.2) is 0 Å². The zero-order valence-electron chi connectivity index (χ0n) is 9.92. The topological polar surface area (TPSA) is 38.3 Å². The van der Waals surface area contributed by atoms with Crippen LogP contribution in [0.4, 0.5) is 0 Å². The molecule has 0 spiro atoms. The number of amides is 1. The Morgan fingerprint density at radius 2 is 2.11 bits per heavy atom. The van der Waals surface area contributed by atoms with E-state index in [1.54, 1.807) is 0 Å². The maximum atomic E-state index is 12.2. The van der Waals surface area contributed by atoms with Crippen LogP contribution in [0.15, 0.2) is 28.7 Å². The minimum atomic E-state index is -0.183. The SMILES string of the molecule is O=C(NC1(CBr)CCOCC1)c1cccc(Br)c1. The Balaban J connectivity index is 2.10. The number of hydrogen-bond donors (Lipinski definition) is 1. The summed E-state index contributed by atoms with van der Waals surface area (Å²) < 4.78 is 6.27.